The number of likely N-dealkylation sites (tertiary alicyclic amines) is 1. The van der Waals surface area contributed by atoms with Crippen molar-refractivity contribution in [2.24, 2.45) is 5.92 Å². The Morgan fingerprint density at radius 2 is 2.42 bits per heavy atom. The number of hydrogen-bond acceptors (Lipinski definition) is 4. The van der Waals surface area contributed by atoms with Gasteiger partial charge in [0.15, 0.2) is 0 Å². The van der Waals surface area contributed by atoms with E-state index < -0.39 is 0 Å². The van der Waals surface area contributed by atoms with Crippen molar-refractivity contribution in [3.8, 4) is 0 Å². The first-order valence-corrected chi connectivity index (χ1v) is 7.21. The fraction of sp³-hybridized carbons (Fsp3) is 0.667. The van der Waals surface area contributed by atoms with Crippen LogP contribution in [0.2, 0.25) is 0 Å². The highest BCUT2D eigenvalue weighted by molar-refractivity contribution is 5.07. The summed E-state index contributed by atoms with van der Waals surface area (Å²) in [5.41, 5.74) is 1.25. The van der Waals surface area contributed by atoms with Crippen LogP contribution < -0.4 is 5.32 Å². The minimum Gasteiger partial charge on any atom is -0.311 e. The normalized spacial score (nSPS) is 20.3. The van der Waals surface area contributed by atoms with E-state index in [4.69, 9.17) is 0 Å². The molecule has 2 heterocycles. The zero-order chi connectivity index (χ0) is 13.5. The van der Waals surface area contributed by atoms with E-state index in [0.29, 0.717) is 0 Å². The third-order valence-corrected chi connectivity index (χ3v) is 3.78. The highest BCUT2D eigenvalue weighted by Crippen LogP contribution is 2.14. The number of nitrogens with one attached hydrogen (secondary N) is 1. The van der Waals surface area contributed by atoms with Gasteiger partial charge < -0.3 is 15.1 Å². The van der Waals surface area contributed by atoms with Gasteiger partial charge in [-0.3, -0.25) is 4.98 Å². The Bertz CT molecular complexity index is 354. The summed E-state index contributed by atoms with van der Waals surface area (Å²) in [6.07, 6.45) is 5.09. The third-order valence-electron chi connectivity index (χ3n) is 3.78. The summed E-state index contributed by atoms with van der Waals surface area (Å²) in [5, 5.41) is 3.47. The molecular weight excluding hydrogens is 236 g/mol. The summed E-state index contributed by atoms with van der Waals surface area (Å²) in [4.78, 5) is 8.99. The van der Waals surface area contributed by atoms with Crippen molar-refractivity contribution in [2.75, 3.05) is 46.8 Å². The topological polar surface area (TPSA) is 31.4 Å². The van der Waals surface area contributed by atoms with Crippen molar-refractivity contribution >= 4 is 0 Å². The van der Waals surface area contributed by atoms with Crippen LogP contribution in [0.15, 0.2) is 24.5 Å². The second-order valence-corrected chi connectivity index (χ2v) is 5.72. The van der Waals surface area contributed by atoms with Crippen molar-refractivity contribution in [3.05, 3.63) is 30.1 Å². The van der Waals surface area contributed by atoms with Gasteiger partial charge in [-0.15, -0.1) is 0 Å². The van der Waals surface area contributed by atoms with Crippen LogP contribution in [0.4, 0.5) is 0 Å². The Hall–Kier alpha value is -0.970. The van der Waals surface area contributed by atoms with Crippen molar-refractivity contribution in [2.45, 2.75) is 13.0 Å². The fourth-order valence-corrected chi connectivity index (χ4v) is 2.71. The monoisotopic (exact) mass is 262 g/mol. The molecular formula is C15H26N4. The molecule has 4 nitrogen and oxygen atoms in total. The Morgan fingerprint density at radius 1 is 1.53 bits per heavy atom. The number of pyridine rings is 1. The Labute approximate surface area is 116 Å². The van der Waals surface area contributed by atoms with Crippen LogP contribution in [0, 0.1) is 5.92 Å². The zero-order valence-corrected chi connectivity index (χ0v) is 12.2. The maximum Gasteiger partial charge on any atom is 0.0312 e. The van der Waals surface area contributed by atoms with Gasteiger partial charge in [-0.25, -0.2) is 0 Å². The van der Waals surface area contributed by atoms with Crippen LogP contribution in [0.25, 0.3) is 0 Å². The molecule has 1 aliphatic rings. The highest BCUT2D eigenvalue weighted by Gasteiger charge is 2.20. The van der Waals surface area contributed by atoms with Gasteiger partial charge in [0.05, 0.1) is 0 Å². The first kappa shape index (κ1) is 14.4. The molecule has 1 N–H and O–H groups in total. The minimum absolute atomic E-state index is 0.855. The highest BCUT2D eigenvalue weighted by atomic mass is 15.2. The average molecular weight is 262 g/mol. The van der Waals surface area contributed by atoms with Crippen molar-refractivity contribution in [1.29, 1.82) is 0 Å². The van der Waals surface area contributed by atoms with Gasteiger partial charge >= 0.3 is 0 Å². The SMILES string of the molecule is CN(CCNCc1cccnc1)CC1CCN(C)C1. The summed E-state index contributed by atoms with van der Waals surface area (Å²) in [6, 6.07) is 4.10. The first-order chi connectivity index (χ1) is 9.24. The molecule has 1 saturated heterocycles. The second kappa shape index (κ2) is 7.58. The molecule has 0 radical (unpaired) electrons. The van der Waals surface area contributed by atoms with Crippen LogP contribution in [0.1, 0.15) is 12.0 Å². The first-order valence-electron chi connectivity index (χ1n) is 7.21. The smallest absolute Gasteiger partial charge is 0.0312 e. The van der Waals surface area contributed by atoms with E-state index in [0.717, 1.165) is 25.6 Å². The molecule has 1 atom stereocenters. The molecule has 0 spiro atoms. The second-order valence-electron chi connectivity index (χ2n) is 5.72. The molecule has 0 aliphatic carbocycles. The Kier molecular flexibility index (Phi) is 5.76. The van der Waals surface area contributed by atoms with E-state index in [9.17, 15) is 0 Å². The molecule has 19 heavy (non-hydrogen) atoms. The van der Waals surface area contributed by atoms with E-state index in [-0.39, 0.29) is 0 Å². The van der Waals surface area contributed by atoms with Crippen LogP contribution >= 0.6 is 0 Å². The van der Waals surface area contributed by atoms with E-state index >= 15 is 0 Å². The number of hydrogen-bond donors (Lipinski definition) is 1. The molecule has 0 saturated carbocycles. The predicted octanol–water partition coefficient (Wildman–Crippen LogP) is 1.05. The van der Waals surface area contributed by atoms with E-state index in [1.165, 1.54) is 31.6 Å². The van der Waals surface area contributed by atoms with Gasteiger partial charge in [-0.05, 0) is 44.6 Å². The predicted molar refractivity (Wildman–Crippen MR) is 79.0 cm³/mol. The van der Waals surface area contributed by atoms with E-state index in [1.54, 1.807) is 0 Å². The quantitative estimate of drug-likeness (QED) is 0.745. The van der Waals surface area contributed by atoms with Gasteiger partial charge in [0.25, 0.3) is 0 Å². The molecule has 0 bridgehead atoms. The van der Waals surface area contributed by atoms with Gasteiger partial charge in [0.1, 0.15) is 0 Å². The summed E-state index contributed by atoms with van der Waals surface area (Å²) in [5.74, 6) is 0.855. The lowest BCUT2D eigenvalue weighted by atomic mass is 10.1. The molecule has 1 aromatic heterocycles. The van der Waals surface area contributed by atoms with Crippen LogP contribution in [0.5, 0.6) is 0 Å². The van der Waals surface area contributed by atoms with Crippen molar-refractivity contribution in [3.63, 3.8) is 0 Å². The van der Waals surface area contributed by atoms with E-state index in [2.05, 4.69) is 40.3 Å². The summed E-state index contributed by atoms with van der Waals surface area (Å²) in [6.45, 7) is 6.80. The molecule has 106 valence electrons. The number of rotatable bonds is 7. The molecule has 4 heteroatoms. The largest absolute Gasteiger partial charge is 0.311 e. The lowest BCUT2D eigenvalue weighted by Gasteiger charge is -2.21. The molecule has 1 fully saturated rings. The fourth-order valence-electron chi connectivity index (χ4n) is 2.71. The summed E-state index contributed by atoms with van der Waals surface area (Å²) >= 11 is 0. The number of nitrogens with zero attached hydrogens (tertiary/aromatic N) is 3. The van der Waals surface area contributed by atoms with Crippen molar-refractivity contribution < 1.29 is 0 Å². The average Bonchev–Trinajstić information content (AvgIpc) is 2.81. The maximum atomic E-state index is 4.12. The lowest BCUT2D eigenvalue weighted by Crippen LogP contribution is -2.33. The standard InChI is InChI=1S/C15H26N4/c1-18-8-5-15(12-18)13-19(2)9-7-17-11-14-4-3-6-16-10-14/h3-4,6,10,15,17H,5,7-9,11-13H2,1-2H3. The summed E-state index contributed by atoms with van der Waals surface area (Å²) in [7, 11) is 4.44. The molecule has 1 unspecified atom stereocenters. The Morgan fingerprint density at radius 3 is 3.11 bits per heavy atom. The summed E-state index contributed by atoms with van der Waals surface area (Å²) < 4.78 is 0. The molecule has 2 rings (SSSR count). The zero-order valence-electron chi connectivity index (χ0n) is 12.2. The molecule has 1 aliphatic heterocycles. The molecule has 1 aromatic rings. The van der Waals surface area contributed by atoms with Gasteiger partial charge in [0.2, 0.25) is 0 Å². The number of likely N-dealkylation sites (N-methyl/N-ethyl adjacent to an activating group) is 1. The number of aromatic nitrogens is 1. The van der Waals surface area contributed by atoms with Gasteiger partial charge in [-0.1, -0.05) is 6.07 Å². The lowest BCUT2D eigenvalue weighted by molar-refractivity contribution is 0.273. The van der Waals surface area contributed by atoms with Crippen LogP contribution in [-0.2, 0) is 6.54 Å². The van der Waals surface area contributed by atoms with Crippen molar-refractivity contribution in [1.82, 2.24) is 20.1 Å². The minimum atomic E-state index is 0.855. The molecule has 0 amide bonds. The van der Waals surface area contributed by atoms with Crippen LogP contribution in [-0.4, -0.2) is 61.6 Å². The van der Waals surface area contributed by atoms with E-state index in [1.807, 2.05) is 18.5 Å². The maximum absolute atomic E-state index is 4.12. The Balaban J connectivity index is 1.55. The third kappa shape index (κ3) is 5.27. The molecule has 0 aromatic carbocycles. The van der Waals surface area contributed by atoms with Crippen LogP contribution in [0.3, 0.4) is 0 Å². The van der Waals surface area contributed by atoms with Gasteiger partial charge in [-0.2, -0.15) is 0 Å². The van der Waals surface area contributed by atoms with Gasteiger partial charge in [0, 0.05) is 45.1 Å².